The number of hydrogen-bond donors (Lipinski definition) is 2. The van der Waals surface area contributed by atoms with Gasteiger partial charge >= 0.3 is 0 Å². The zero-order valence-electron chi connectivity index (χ0n) is 14.2. The van der Waals surface area contributed by atoms with E-state index in [0.29, 0.717) is 0 Å². The summed E-state index contributed by atoms with van der Waals surface area (Å²) >= 11 is 3.38. The van der Waals surface area contributed by atoms with Crippen LogP contribution in [0.5, 0.6) is 0 Å². The van der Waals surface area contributed by atoms with Crippen molar-refractivity contribution in [1.82, 2.24) is 10.2 Å². The van der Waals surface area contributed by atoms with Crippen molar-refractivity contribution < 1.29 is 9.90 Å². The molecule has 2 atom stereocenters. The maximum atomic E-state index is 12.6. The van der Waals surface area contributed by atoms with Crippen LogP contribution < -0.4 is 5.32 Å². The number of likely N-dealkylation sites (N-methyl/N-ethyl adjacent to an activating group) is 1. The Morgan fingerprint density at radius 1 is 1.17 bits per heavy atom. The van der Waals surface area contributed by atoms with E-state index in [1.165, 1.54) is 0 Å². The average molecular weight is 391 g/mol. The predicted molar refractivity (Wildman–Crippen MR) is 99.6 cm³/mol. The number of carbonyl (C=O) groups is 1. The number of nitrogens with one attached hydrogen (secondary N) is 1. The molecule has 0 aliphatic heterocycles. The number of benzene rings is 2. The molecule has 0 radical (unpaired) electrons. The van der Waals surface area contributed by atoms with E-state index in [2.05, 4.69) is 21.2 Å². The lowest BCUT2D eigenvalue weighted by Gasteiger charge is -2.28. The average Bonchev–Trinajstić information content (AvgIpc) is 2.54. The van der Waals surface area contributed by atoms with Crippen molar-refractivity contribution in [1.29, 1.82) is 0 Å². The summed E-state index contributed by atoms with van der Waals surface area (Å²) in [5.74, 6) is -0.136. The van der Waals surface area contributed by atoms with Gasteiger partial charge in [-0.25, -0.2) is 0 Å². The first-order chi connectivity index (χ1) is 11.3. The number of amides is 1. The molecule has 0 saturated carbocycles. The molecular weight excluding hydrogens is 368 g/mol. The molecule has 1 amide bonds. The van der Waals surface area contributed by atoms with Crippen molar-refractivity contribution in [2.45, 2.75) is 18.6 Å². The number of rotatable bonds is 6. The molecule has 0 saturated heterocycles. The highest BCUT2D eigenvalue weighted by Crippen LogP contribution is 2.23. The van der Waals surface area contributed by atoms with Crippen LogP contribution in [0.2, 0.25) is 0 Å². The maximum absolute atomic E-state index is 12.6. The molecule has 128 valence electrons. The first kappa shape index (κ1) is 18.6. The van der Waals surface area contributed by atoms with Crippen molar-refractivity contribution in [3.63, 3.8) is 0 Å². The van der Waals surface area contributed by atoms with Crippen LogP contribution in [0.4, 0.5) is 0 Å². The Hall–Kier alpha value is -1.69. The fraction of sp³-hybridized carbons (Fsp3) is 0.316. The summed E-state index contributed by atoms with van der Waals surface area (Å²) in [6, 6.07) is 16.6. The van der Waals surface area contributed by atoms with Crippen molar-refractivity contribution in [3.05, 3.63) is 70.2 Å². The Labute approximate surface area is 151 Å². The van der Waals surface area contributed by atoms with Gasteiger partial charge in [0.1, 0.15) is 11.6 Å². The van der Waals surface area contributed by atoms with E-state index in [4.69, 9.17) is 0 Å². The molecule has 2 aromatic carbocycles. The molecule has 4 nitrogen and oxygen atoms in total. The number of hydrogen-bond acceptors (Lipinski definition) is 3. The second kappa shape index (κ2) is 7.92. The molecule has 2 unspecified atom stereocenters. The summed E-state index contributed by atoms with van der Waals surface area (Å²) in [6.07, 6.45) is 0. The van der Waals surface area contributed by atoms with Crippen molar-refractivity contribution in [3.8, 4) is 0 Å². The lowest BCUT2D eigenvalue weighted by atomic mass is 9.95. The van der Waals surface area contributed by atoms with E-state index in [0.717, 1.165) is 15.6 Å². The van der Waals surface area contributed by atoms with Crippen LogP contribution >= 0.6 is 15.9 Å². The topological polar surface area (TPSA) is 52.6 Å². The third-order valence-corrected chi connectivity index (χ3v) is 4.48. The Kier molecular flexibility index (Phi) is 6.15. The van der Waals surface area contributed by atoms with Crippen LogP contribution in [0.25, 0.3) is 0 Å². The first-order valence-electron chi connectivity index (χ1n) is 7.79. The normalized spacial score (nSPS) is 14.9. The lowest BCUT2D eigenvalue weighted by molar-refractivity contribution is -0.127. The summed E-state index contributed by atoms with van der Waals surface area (Å²) in [5.41, 5.74) is 0.541. The second-order valence-electron chi connectivity index (χ2n) is 6.28. The van der Waals surface area contributed by atoms with Gasteiger partial charge in [0.2, 0.25) is 5.91 Å². The van der Waals surface area contributed by atoms with Gasteiger partial charge in [0.05, 0.1) is 6.54 Å². The number of aliphatic hydroxyl groups is 1. The Morgan fingerprint density at radius 3 is 2.29 bits per heavy atom. The molecule has 0 bridgehead atoms. The number of halogens is 1. The largest absolute Gasteiger partial charge is 0.384 e. The van der Waals surface area contributed by atoms with Crippen LogP contribution in [0.1, 0.15) is 24.1 Å². The van der Waals surface area contributed by atoms with Gasteiger partial charge < -0.3 is 10.4 Å². The smallest absolute Gasteiger partial charge is 0.242 e. The second-order valence-corrected chi connectivity index (χ2v) is 7.19. The van der Waals surface area contributed by atoms with Gasteiger partial charge in [-0.2, -0.15) is 0 Å². The molecule has 0 aliphatic rings. The van der Waals surface area contributed by atoms with Crippen LogP contribution in [0.3, 0.4) is 0 Å². The molecule has 0 aromatic heterocycles. The van der Waals surface area contributed by atoms with Crippen molar-refractivity contribution in [2.75, 3.05) is 20.6 Å². The molecular formula is C19H23BrN2O2. The third kappa shape index (κ3) is 4.66. The highest BCUT2D eigenvalue weighted by Gasteiger charge is 2.27. The van der Waals surface area contributed by atoms with Crippen molar-refractivity contribution in [2.24, 2.45) is 0 Å². The fourth-order valence-corrected chi connectivity index (χ4v) is 2.85. The van der Waals surface area contributed by atoms with Gasteiger partial charge in [-0.15, -0.1) is 0 Å². The Balaban J connectivity index is 2.09. The molecule has 0 spiro atoms. The van der Waals surface area contributed by atoms with E-state index < -0.39 is 11.6 Å². The minimum absolute atomic E-state index is 0.136. The molecule has 5 heteroatoms. The lowest BCUT2D eigenvalue weighted by Crippen LogP contribution is -2.43. The highest BCUT2D eigenvalue weighted by molar-refractivity contribution is 9.10. The molecule has 2 N–H and O–H groups in total. The van der Waals surface area contributed by atoms with Crippen LogP contribution in [-0.4, -0.2) is 36.6 Å². The summed E-state index contributed by atoms with van der Waals surface area (Å²) in [6.45, 7) is 1.84. The summed E-state index contributed by atoms with van der Waals surface area (Å²) in [5, 5.41) is 13.5. The predicted octanol–water partition coefficient (Wildman–Crippen LogP) is 3.08. The van der Waals surface area contributed by atoms with Crippen LogP contribution in [0, 0.1) is 0 Å². The monoisotopic (exact) mass is 390 g/mol. The summed E-state index contributed by atoms with van der Waals surface area (Å²) in [7, 11) is 3.73. The highest BCUT2D eigenvalue weighted by atomic mass is 79.9. The van der Waals surface area contributed by atoms with Gasteiger partial charge in [0, 0.05) is 4.47 Å². The third-order valence-electron chi connectivity index (χ3n) is 3.95. The van der Waals surface area contributed by atoms with E-state index >= 15 is 0 Å². The van der Waals surface area contributed by atoms with Gasteiger partial charge in [-0.1, -0.05) is 58.4 Å². The molecule has 24 heavy (non-hydrogen) atoms. The molecule has 2 rings (SSSR count). The number of carbonyl (C=O) groups excluding carboxylic acids is 1. The first-order valence-corrected chi connectivity index (χ1v) is 8.58. The van der Waals surface area contributed by atoms with Crippen LogP contribution in [0.15, 0.2) is 59.1 Å². The van der Waals surface area contributed by atoms with Gasteiger partial charge in [-0.05, 0) is 44.3 Å². The zero-order valence-corrected chi connectivity index (χ0v) is 15.7. The Bertz CT molecular complexity index is 670. The van der Waals surface area contributed by atoms with Crippen LogP contribution in [-0.2, 0) is 10.4 Å². The molecule has 2 aromatic rings. The van der Waals surface area contributed by atoms with Gasteiger partial charge in [0.25, 0.3) is 0 Å². The minimum Gasteiger partial charge on any atom is -0.384 e. The fourth-order valence-electron chi connectivity index (χ4n) is 2.59. The standard InChI is InChI=1S/C19H23BrN2O2/c1-19(24,15-9-11-16(20)12-10-15)13-21-18(23)17(22(2)3)14-7-5-4-6-8-14/h4-12,17,24H,13H2,1-3H3,(H,21,23). The van der Waals surface area contributed by atoms with E-state index in [-0.39, 0.29) is 12.5 Å². The SMILES string of the molecule is CN(C)C(C(=O)NCC(C)(O)c1ccc(Br)cc1)c1ccccc1. The quantitative estimate of drug-likeness (QED) is 0.796. The van der Waals surface area contributed by atoms with Gasteiger partial charge in [-0.3, -0.25) is 9.69 Å². The van der Waals surface area contributed by atoms with E-state index in [9.17, 15) is 9.90 Å². The summed E-state index contributed by atoms with van der Waals surface area (Å²) in [4.78, 5) is 14.5. The minimum atomic E-state index is -1.14. The van der Waals surface area contributed by atoms with E-state index in [1.807, 2.05) is 73.6 Å². The Morgan fingerprint density at radius 2 is 1.75 bits per heavy atom. The summed E-state index contributed by atoms with van der Waals surface area (Å²) < 4.78 is 0.947. The molecule has 0 aliphatic carbocycles. The van der Waals surface area contributed by atoms with E-state index in [1.54, 1.807) is 6.92 Å². The molecule has 0 heterocycles. The van der Waals surface area contributed by atoms with Crippen molar-refractivity contribution >= 4 is 21.8 Å². The maximum Gasteiger partial charge on any atom is 0.242 e. The number of nitrogens with zero attached hydrogens (tertiary/aromatic N) is 1. The zero-order chi connectivity index (χ0) is 17.7. The van der Waals surface area contributed by atoms with Gasteiger partial charge in [0.15, 0.2) is 0 Å². The molecule has 0 fully saturated rings.